The molecule has 4 rings (SSSR count). The van der Waals surface area contributed by atoms with E-state index < -0.39 is 0 Å². The summed E-state index contributed by atoms with van der Waals surface area (Å²) < 4.78 is 5.95. The average molecular weight is 354 g/mol. The number of phenolic OH excluding ortho intramolecular Hbond substituents is 1. The molecule has 1 N–H and O–H groups in total. The molecule has 3 nitrogen and oxygen atoms in total. The third kappa shape index (κ3) is 2.86. The monoisotopic (exact) mass is 354 g/mol. The number of phenols is 1. The fourth-order valence-electron chi connectivity index (χ4n) is 5.77. The van der Waals surface area contributed by atoms with Crippen LogP contribution in [0, 0.1) is 17.3 Å². The maximum atomic E-state index is 12.2. The number of hydrogen-bond donors (Lipinski definition) is 1. The van der Waals surface area contributed by atoms with Crippen molar-refractivity contribution in [3.63, 3.8) is 0 Å². The van der Waals surface area contributed by atoms with E-state index in [4.69, 9.17) is 4.74 Å². The first-order valence-corrected chi connectivity index (χ1v) is 10.2. The fourth-order valence-corrected chi connectivity index (χ4v) is 5.77. The molecule has 0 radical (unpaired) electrons. The predicted octanol–water partition coefficient (Wildman–Crippen LogP) is 5.43. The lowest BCUT2D eigenvalue weighted by molar-refractivity contribution is -0.157. The Labute approximate surface area is 156 Å². The van der Waals surface area contributed by atoms with Crippen LogP contribution in [0.25, 0.3) is 6.08 Å². The molecule has 2 saturated carbocycles. The maximum Gasteiger partial charge on any atom is 0.306 e. The molecule has 140 valence electrons. The molecule has 2 fully saturated rings. The minimum absolute atomic E-state index is 0.0131. The first kappa shape index (κ1) is 17.6. The second-order valence-corrected chi connectivity index (χ2v) is 8.67. The maximum absolute atomic E-state index is 12.2. The summed E-state index contributed by atoms with van der Waals surface area (Å²) in [5.41, 5.74) is 2.64. The topological polar surface area (TPSA) is 46.5 Å². The molecule has 5 atom stereocenters. The Morgan fingerprint density at radius 3 is 2.96 bits per heavy atom. The highest BCUT2D eigenvalue weighted by Crippen LogP contribution is 2.60. The summed E-state index contributed by atoms with van der Waals surface area (Å²) in [6.07, 6.45) is 11.5. The SMILES string of the molecule is CCCCC(=O)O[C@H]1CC[C@H]2[C@@H]3C=Cc4cc(O)ccc4[C@H]3CC[C@@]12C. The molecule has 3 aliphatic carbocycles. The summed E-state index contributed by atoms with van der Waals surface area (Å²) in [4.78, 5) is 12.2. The van der Waals surface area contributed by atoms with Crippen LogP contribution in [0.3, 0.4) is 0 Å². The summed E-state index contributed by atoms with van der Waals surface area (Å²) in [5, 5.41) is 9.77. The quantitative estimate of drug-likeness (QED) is 0.733. The van der Waals surface area contributed by atoms with E-state index in [9.17, 15) is 9.90 Å². The molecule has 0 amide bonds. The van der Waals surface area contributed by atoms with Gasteiger partial charge in [0.2, 0.25) is 0 Å². The van der Waals surface area contributed by atoms with E-state index in [1.165, 1.54) is 5.56 Å². The van der Waals surface area contributed by atoms with Crippen LogP contribution in [0.2, 0.25) is 0 Å². The van der Waals surface area contributed by atoms with Gasteiger partial charge in [-0.2, -0.15) is 0 Å². The van der Waals surface area contributed by atoms with E-state index in [1.54, 1.807) is 0 Å². The Balaban J connectivity index is 1.53. The average Bonchev–Trinajstić information content (AvgIpc) is 2.96. The highest BCUT2D eigenvalue weighted by molar-refractivity contribution is 5.69. The normalized spacial score (nSPS) is 34.7. The van der Waals surface area contributed by atoms with Gasteiger partial charge in [-0.05, 0) is 73.1 Å². The van der Waals surface area contributed by atoms with Crippen molar-refractivity contribution in [2.24, 2.45) is 17.3 Å². The summed E-state index contributed by atoms with van der Waals surface area (Å²) in [6, 6.07) is 5.80. The summed E-state index contributed by atoms with van der Waals surface area (Å²) >= 11 is 0. The van der Waals surface area contributed by atoms with Crippen molar-refractivity contribution in [2.45, 2.75) is 70.8 Å². The van der Waals surface area contributed by atoms with Crippen LogP contribution in [-0.4, -0.2) is 17.2 Å². The van der Waals surface area contributed by atoms with Crippen molar-refractivity contribution < 1.29 is 14.6 Å². The van der Waals surface area contributed by atoms with Crippen LogP contribution < -0.4 is 0 Å². The number of esters is 1. The number of ether oxygens (including phenoxy) is 1. The van der Waals surface area contributed by atoms with Crippen molar-refractivity contribution in [3.8, 4) is 5.75 Å². The molecule has 0 saturated heterocycles. The number of allylic oxidation sites excluding steroid dienone is 1. The molecule has 0 unspecified atom stereocenters. The predicted molar refractivity (Wildman–Crippen MR) is 103 cm³/mol. The number of rotatable bonds is 4. The van der Waals surface area contributed by atoms with Gasteiger partial charge >= 0.3 is 5.97 Å². The highest BCUT2D eigenvalue weighted by atomic mass is 16.5. The third-order valence-corrected chi connectivity index (χ3v) is 7.22. The van der Waals surface area contributed by atoms with E-state index in [-0.39, 0.29) is 17.5 Å². The van der Waals surface area contributed by atoms with Crippen molar-refractivity contribution in [1.29, 1.82) is 0 Å². The van der Waals surface area contributed by atoms with E-state index >= 15 is 0 Å². The first-order chi connectivity index (χ1) is 12.5. The molecular weight excluding hydrogens is 324 g/mol. The number of carbonyl (C=O) groups is 1. The van der Waals surface area contributed by atoms with Crippen LogP contribution in [0.5, 0.6) is 5.75 Å². The Hall–Kier alpha value is -1.77. The minimum Gasteiger partial charge on any atom is -0.508 e. The number of hydrogen-bond acceptors (Lipinski definition) is 3. The molecule has 0 aromatic heterocycles. The number of carbonyl (C=O) groups excluding carboxylic acids is 1. The smallest absolute Gasteiger partial charge is 0.306 e. The third-order valence-electron chi connectivity index (χ3n) is 7.22. The molecule has 26 heavy (non-hydrogen) atoms. The fraction of sp³-hybridized carbons (Fsp3) is 0.609. The van der Waals surface area contributed by atoms with Crippen LogP contribution in [0.15, 0.2) is 24.3 Å². The molecule has 0 heterocycles. The molecule has 3 heteroatoms. The molecular formula is C23H30O3. The van der Waals surface area contributed by atoms with Gasteiger partial charge in [0.05, 0.1) is 0 Å². The van der Waals surface area contributed by atoms with Gasteiger partial charge < -0.3 is 9.84 Å². The molecule has 0 bridgehead atoms. The molecule has 1 aromatic rings. The van der Waals surface area contributed by atoms with E-state index in [0.717, 1.165) is 44.1 Å². The van der Waals surface area contributed by atoms with Gasteiger partial charge in [0.25, 0.3) is 0 Å². The summed E-state index contributed by atoms with van der Waals surface area (Å²) in [7, 11) is 0. The van der Waals surface area contributed by atoms with Gasteiger partial charge in [-0.1, -0.05) is 38.5 Å². The van der Waals surface area contributed by atoms with Gasteiger partial charge in [0.15, 0.2) is 0 Å². The molecule has 1 aromatic carbocycles. The Morgan fingerprint density at radius 1 is 1.31 bits per heavy atom. The lowest BCUT2D eigenvalue weighted by atomic mass is 9.57. The first-order valence-electron chi connectivity index (χ1n) is 10.2. The van der Waals surface area contributed by atoms with E-state index in [1.807, 2.05) is 12.1 Å². The summed E-state index contributed by atoms with van der Waals surface area (Å²) in [6.45, 7) is 4.45. The minimum atomic E-state index is -0.0131. The van der Waals surface area contributed by atoms with Gasteiger partial charge in [0, 0.05) is 11.8 Å². The lowest BCUT2D eigenvalue weighted by Gasteiger charge is -2.48. The number of fused-ring (bicyclic) bond motifs is 5. The van der Waals surface area contributed by atoms with Crippen LogP contribution in [-0.2, 0) is 9.53 Å². The number of aromatic hydroxyl groups is 1. The second kappa shape index (κ2) is 6.75. The van der Waals surface area contributed by atoms with Crippen LogP contribution in [0.4, 0.5) is 0 Å². The lowest BCUT2D eigenvalue weighted by Crippen LogP contribution is -2.44. The van der Waals surface area contributed by atoms with Crippen molar-refractivity contribution >= 4 is 12.0 Å². The van der Waals surface area contributed by atoms with Gasteiger partial charge in [-0.3, -0.25) is 4.79 Å². The Morgan fingerprint density at radius 2 is 2.15 bits per heavy atom. The van der Waals surface area contributed by atoms with E-state index in [2.05, 4.69) is 32.1 Å². The van der Waals surface area contributed by atoms with Crippen molar-refractivity contribution in [1.82, 2.24) is 0 Å². The Bertz CT molecular complexity index is 722. The van der Waals surface area contributed by atoms with Crippen LogP contribution in [0.1, 0.15) is 75.8 Å². The highest BCUT2D eigenvalue weighted by Gasteiger charge is 2.55. The number of benzene rings is 1. The second-order valence-electron chi connectivity index (χ2n) is 8.67. The largest absolute Gasteiger partial charge is 0.508 e. The van der Waals surface area contributed by atoms with Gasteiger partial charge in [-0.15, -0.1) is 0 Å². The van der Waals surface area contributed by atoms with Crippen LogP contribution >= 0.6 is 0 Å². The zero-order valence-electron chi connectivity index (χ0n) is 15.9. The molecule has 3 aliphatic rings. The standard InChI is InChI=1S/C23H30O3/c1-3-4-5-22(25)26-21-11-10-20-19-8-6-15-14-16(24)7-9-17(15)18(19)12-13-23(20,21)2/h6-9,14,18-21,24H,3-5,10-13H2,1-2H3/t18-,19-,20+,21+,23-/m1/s1. The summed E-state index contributed by atoms with van der Waals surface area (Å²) in [5.74, 6) is 1.95. The van der Waals surface area contributed by atoms with Crippen molar-refractivity contribution in [2.75, 3.05) is 0 Å². The van der Waals surface area contributed by atoms with Gasteiger partial charge in [-0.25, -0.2) is 0 Å². The zero-order valence-corrected chi connectivity index (χ0v) is 15.9. The molecule has 0 spiro atoms. The molecule has 0 aliphatic heterocycles. The van der Waals surface area contributed by atoms with Crippen molar-refractivity contribution in [3.05, 3.63) is 35.4 Å². The van der Waals surface area contributed by atoms with E-state index in [0.29, 0.717) is 29.9 Å². The Kier molecular flexibility index (Phi) is 4.58. The zero-order chi connectivity index (χ0) is 18.3. The number of unbranched alkanes of at least 4 members (excludes halogenated alkanes) is 1. The van der Waals surface area contributed by atoms with Gasteiger partial charge in [0.1, 0.15) is 11.9 Å².